The molecule has 0 fully saturated rings. The average molecular weight is 273 g/mol. The van der Waals surface area contributed by atoms with E-state index in [2.05, 4.69) is 24.3 Å². The SMILES string of the molecule is CCS(=O)(=O)CCCn1cc(CNC(C)C)cn1. The van der Waals surface area contributed by atoms with E-state index < -0.39 is 9.84 Å². The second kappa shape index (κ2) is 6.89. The molecule has 0 aliphatic carbocycles. The van der Waals surface area contributed by atoms with Gasteiger partial charge in [-0.15, -0.1) is 0 Å². The van der Waals surface area contributed by atoms with Crippen LogP contribution in [0.3, 0.4) is 0 Å². The number of aryl methyl sites for hydroxylation is 1. The second-order valence-corrected chi connectivity index (χ2v) is 7.21. The summed E-state index contributed by atoms with van der Waals surface area (Å²) < 4.78 is 24.5. The van der Waals surface area contributed by atoms with E-state index in [1.165, 1.54) is 0 Å². The number of nitrogens with zero attached hydrogens (tertiary/aromatic N) is 2. The summed E-state index contributed by atoms with van der Waals surface area (Å²) in [5.74, 6) is 0.457. The quantitative estimate of drug-likeness (QED) is 0.773. The van der Waals surface area contributed by atoms with Crippen molar-refractivity contribution in [1.82, 2.24) is 15.1 Å². The van der Waals surface area contributed by atoms with Gasteiger partial charge in [0.15, 0.2) is 0 Å². The van der Waals surface area contributed by atoms with Gasteiger partial charge in [-0.05, 0) is 6.42 Å². The molecule has 1 aromatic heterocycles. The minimum Gasteiger partial charge on any atom is -0.310 e. The van der Waals surface area contributed by atoms with E-state index in [4.69, 9.17) is 0 Å². The third-order valence-corrected chi connectivity index (χ3v) is 4.47. The monoisotopic (exact) mass is 273 g/mol. The molecule has 0 aliphatic rings. The van der Waals surface area contributed by atoms with Gasteiger partial charge >= 0.3 is 0 Å². The largest absolute Gasteiger partial charge is 0.310 e. The zero-order valence-corrected chi connectivity index (χ0v) is 12.2. The molecule has 0 unspecified atom stereocenters. The van der Waals surface area contributed by atoms with Gasteiger partial charge in [-0.25, -0.2) is 8.42 Å². The molecule has 0 aromatic carbocycles. The molecule has 1 rings (SSSR count). The molecule has 104 valence electrons. The number of hydrogen-bond donors (Lipinski definition) is 1. The van der Waals surface area contributed by atoms with Gasteiger partial charge in [0.1, 0.15) is 9.84 Å². The van der Waals surface area contributed by atoms with Gasteiger partial charge in [0.25, 0.3) is 0 Å². The molecule has 0 bridgehead atoms. The zero-order valence-electron chi connectivity index (χ0n) is 11.4. The van der Waals surface area contributed by atoms with Crippen LogP contribution < -0.4 is 5.32 Å². The fourth-order valence-corrected chi connectivity index (χ4v) is 2.39. The van der Waals surface area contributed by atoms with Gasteiger partial charge in [-0.3, -0.25) is 4.68 Å². The molecule has 0 saturated carbocycles. The van der Waals surface area contributed by atoms with E-state index in [1.807, 2.05) is 17.1 Å². The van der Waals surface area contributed by atoms with E-state index in [0.29, 0.717) is 19.0 Å². The molecule has 0 spiro atoms. The van der Waals surface area contributed by atoms with Gasteiger partial charge in [-0.1, -0.05) is 20.8 Å². The molecule has 0 amide bonds. The maximum absolute atomic E-state index is 11.3. The normalized spacial score (nSPS) is 12.2. The van der Waals surface area contributed by atoms with Crippen molar-refractivity contribution in [2.45, 2.75) is 46.3 Å². The summed E-state index contributed by atoms with van der Waals surface area (Å²) >= 11 is 0. The number of nitrogens with one attached hydrogen (secondary N) is 1. The minimum absolute atomic E-state index is 0.218. The lowest BCUT2D eigenvalue weighted by atomic mass is 10.3. The molecular weight excluding hydrogens is 250 g/mol. The number of sulfone groups is 1. The summed E-state index contributed by atoms with van der Waals surface area (Å²) in [5, 5.41) is 7.54. The van der Waals surface area contributed by atoms with Crippen LogP contribution in [-0.4, -0.2) is 35.7 Å². The molecule has 1 heterocycles. The third-order valence-electron chi connectivity index (χ3n) is 2.68. The molecule has 0 radical (unpaired) electrons. The number of aromatic nitrogens is 2. The maximum Gasteiger partial charge on any atom is 0.150 e. The highest BCUT2D eigenvalue weighted by atomic mass is 32.2. The molecular formula is C12H23N3O2S. The first-order valence-electron chi connectivity index (χ1n) is 6.38. The van der Waals surface area contributed by atoms with Crippen LogP contribution in [0, 0.1) is 0 Å². The van der Waals surface area contributed by atoms with Crippen molar-refractivity contribution in [3.8, 4) is 0 Å². The Hall–Kier alpha value is -0.880. The van der Waals surface area contributed by atoms with Crippen LogP contribution in [0.2, 0.25) is 0 Å². The molecule has 1 N–H and O–H groups in total. The highest BCUT2D eigenvalue weighted by Gasteiger charge is 2.07. The topological polar surface area (TPSA) is 64.0 Å². The molecule has 0 atom stereocenters. The Labute approximate surface area is 109 Å². The predicted molar refractivity (Wildman–Crippen MR) is 73.1 cm³/mol. The fraction of sp³-hybridized carbons (Fsp3) is 0.750. The first-order valence-corrected chi connectivity index (χ1v) is 8.20. The lowest BCUT2D eigenvalue weighted by Gasteiger charge is -2.05. The van der Waals surface area contributed by atoms with E-state index in [0.717, 1.165) is 12.1 Å². The summed E-state index contributed by atoms with van der Waals surface area (Å²) in [7, 11) is -2.86. The lowest BCUT2D eigenvalue weighted by molar-refractivity contribution is 0.571. The Morgan fingerprint density at radius 2 is 2.17 bits per heavy atom. The first-order chi connectivity index (χ1) is 8.43. The van der Waals surface area contributed by atoms with Gasteiger partial charge in [0, 0.05) is 36.6 Å². The van der Waals surface area contributed by atoms with Gasteiger partial charge in [-0.2, -0.15) is 5.10 Å². The molecule has 0 aliphatic heterocycles. The maximum atomic E-state index is 11.3. The Bertz CT molecular complexity index is 452. The minimum atomic E-state index is -2.86. The summed E-state index contributed by atoms with van der Waals surface area (Å²) in [6.45, 7) is 7.32. The van der Waals surface area contributed by atoms with E-state index in [-0.39, 0.29) is 11.5 Å². The Kier molecular flexibility index (Phi) is 5.81. The van der Waals surface area contributed by atoms with Crippen molar-refractivity contribution < 1.29 is 8.42 Å². The van der Waals surface area contributed by atoms with Crippen molar-refractivity contribution in [2.75, 3.05) is 11.5 Å². The van der Waals surface area contributed by atoms with Crippen LogP contribution in [-0.2, 0) is 22.9 Å². The van der Waals surface area contributed by atoms with Crippen molar-refractivity contribution >= 4 is 9.84 Å². The van der Waals surface area contributed by atoms with Crippen LogP contribution in [0.1, 0.15) is 32.8 Å². The highest BCUT2D eigenvalue weighted by Crippen LogP contribution is 2.01. The smallest absolute Gasteiger partial charge is 0.150 e. The predicted octanol–water partition coefficient (Wildman–Crippen LogP) is 1.21. The van der Waals surface area contributed by atoms with Crippen molar-refractivity contribution in [3.63, 3.8) is 0 Å². The van der Waals surface area contributed by atoms with Gasteiger partial charge in [0.05, 0.1) is 11.9 Å². The lowest BCUT2D eigenvalue weighted by Crippen LogP contribution is -2.21. The Morgan fingerprint density at radius 3 is 2.78 bits per heavy atom. The second-order valence-electron chi connectivity index (χ2n) is 4.74. The standard InChI is InChI=1S/C12H23N3O2S/c1-4-18(16,17)7-5-6-15-10-12(9-14-15)8-13-11(2)3/h9-11,13H,4-8H2,1-3H3. The van der Waals surface area contributed by atoms with Crippen LogP contribution in [0.4, 0.5) is 0 Å². The van der Waals surface area contributed by atoms with Crippen molar-refractivity contribution in [3.05, 3.63) is 18.0 Å². The summed E-state index contributed by atoms with van der Waals surface area (Å²) in [6, 6.07) is 0.447. The van der Waals surface area contributed by atoms with E-state index in [1.54, 1.807) is 6.92 Å². The number of rotatable bonds is 8. The molecule has 1 aromatic rings. The van der Waals surface area contributed by atoms with E-state index in [9.17, 15) is 8.42 Å². The average Bonchev–Trinajstić information content (AvgIpc) is 2.74. The van der Waals surface area contributed by atoms with Crippen molar-refractivity contribution in [1.29, 1.82) is 0 Å². The van der Waals surface area contributed by atoms with Crippen LogP contribution in [0.25, 0.3) is 0 Å². The number of hydrogen-bond acceptors (Lipinski definition) is 4. The van der Waals surface area contributed by atoms with Crippen LogP contribution in [0.5, 0.6) is 0 Å². The Morgan fingerprint density at radius 1 is 1.44 bits per heavy atom. The zero-order chi connectivity index (χ0) is 13.6. The van der Waals surface area contributed by atoms with Gasteiger partial charge < -0.3 is 5.32 Å². The molecule has 0 saturated heterocycles. The van der Waals surface area contributed by atoms with Crippen LogP contribution in [0.15, 0.2) is 12.4 Å². The molecule has 5 nitrogen and oxygen atoms in total. The third kappa shape index (κ3) is 5.64. The summed E-state index contributed by atoms with van der Waals surface area (Å²) in [5.41, 5.74) is 1.13. The fourth-order valence-electron chi connectivity index (χ4n) is 1.53. The molecule has 18 heavy (non-hydrogen) atoms. The molecule has 6 heteroatoms. The summed E-state index contributed by atoms with van der Waals surface area (Å²) in [6.07, 6.45) is 4.41. The Balaban J connectivity index is 2.35. The van der Waals surface area contributed by atoms with Crippen molar-refractivity contribution in [2.24, 2.45) is 0 Å². The van der Waals surface area contributed by atoms with E-state index >= 15 is 0 Å². The highest BCUT2D eigenvalue weighted by molar-refractivity contribution is 7.91. The van der Waals surface area contributed by atoms with Gasteiger partial charge in [0.2, 0.25) is 0 Å². The summed E-state index contributed by atoms with van der Waals surface area (Å²) in [4.78, 5) is 0. The van der Waals surface area contributed by atoms with Crippen LogP contribution >= 0.6 is 0 Å². The first kappa shape index (κ1) is 15.2.